The van der Waals surface area contributed by atoms with E-state index in [1.165, 1.54) is 0 Å². The van der Waals surface area contributed by atoms with Crippen LogP contribution in [0.5, 0.6) is 0 Å². The van der Waals surface area contributed by atoms with Gasteiger partial charge in [0.25, 0.3) is 0 Å². The summed E-state index contributed by atoms with van der Waals surface area (Å²) in [6.07, 6.45) is 4.77. The Morgan fingerprint density at radius 1 is 1.50 bits per heavy atom. The first-order valence-corrected chi connectivity index (χ1v) is 5.76. The molecule has 0 aromatic carbocycles. The Morgan fingerprint density at radius 2 is 2.31 bits per heavy atom. The van der Waals surface area contributed by atoms with Crippen molar-refractivity contribution in [3.05, 3.63) is 23.7 Å². The van der Waals surface area contributed by atoms with Gasteiger partial charge in [-0.05, 0) is 25.0 Å². The van der Waals surface area contributed by atoms with Gasteiger partial charge in [0.05, 0.1) is 5.52 Å². The van der Waals surface area contributed by atoms with Gasteiger partial charge in [0, 0.05) is 18.7 Å². The summed E-state index contributed by atoms with van der Waals surface area (Å²) in [5.41, 5.74) is 8.91. The Hall–Kier alpha value is -1.42. The molecule has 0 bridgehead atoms. The van der Waals surface area contributed by atoms with E-state index in [9.17, 15) is 0 Å². The Balaban J connectivity index is 2.19. The van der Waals surface area contributed by atoms with Crippen LogP contribution in [0.15, 0.2) is 12.3 Å². The van der Waals surface area contributed by atoms with Crippen molar-refractivity contribution < 1.29 is 0 Å². The molecule has 0 aliphatic heterocycles. The maximum Gasteiger partial charge on any atom is 0.177 e. The molecule has 16 heavy (non-hydrogen) atoms. The number of aromatic amines is 1. The number of imidazole rings is 1. The van der Waals surface area contributed by atoms with Crippen molar-refractivity contribution in [3.8, 4) is 0 Å². The number of hydrogen-bond donors (Lipinski definition) is 2. The maximum atomic E-state index is 5.99. The molecule has 0 saturated carbocycles. The van der Waals surface area contributed by atoms with Crippen molar-refractivity contribution in [1.82, 2.24) is 15.0 Å². The molecule has 0 radical (unpaired) electrons. The predicted octanol–water partition coefficient (Wildman–Crippen LogP) is 1.94. The second-order valence-electron chi connectivity index (χ2n) is 4.32. The van der Waals surface area contributed by atoms with Crippen molar-refractivity contribution in [1.29, 1.82) is 0 Å². The zero-order valence-corrected chi connectivity index (χ0v) is 9.83. The van der Waals surface area contributed by atoms with Crippen molar-refractivity contribution in [2.75, 3.05) is 0 Å². The van der Waals surface area contributed by atoms with Crippen LogP contribution in [0.25, 0.3) is 11.2 Å². The van der Waals surface area contributed by atoms with Gasteiger partial charge >= 0.3 is 0 Å². The first kappa shape index (κ1) is 11.1. The molecule has 4 nitrogen and oxygen atoms in total. The highest BCUT2D eigenvalue weighted by Gasteiger charge is 2.08. The number of H-pyrrole nitrogens is 1. The number of hydrogen-bond acceptors (Lipinski definition) is 3. The Bertz CT molecular complexity index is 475. The van der Waals surface area contributed by atoms with Crippen LogP contribution < -0.4 is 5.73 Å². The lowest BCUT2D eigenvalue weighted by Gasteiger charge is -2.06. The van der Waals surface area contributed by atoms with Gasteiger partial charge in [-0.25, -0.2) is 9.97 Å². The monoisotopic (exact) mass is 218 g/mol. The normalized spacial score (nSPS) is 13.2. The first-order chi connectivity index (χ1) is 7.69. The van der Waals surface area contributed by atoms with Crippen LogP contribution in [-0.2, 0) is 6.42 Å². The SMILES string of the molecule is CCCC(N)Cc1nc2ncc(C)cc2[nH]1. The smallest absolute Gasteiger partial charge is 0.177 e. The molecule has 0 aliphatic carbocycles. The maximum absolute atomic E-state index is 5.99. The minimum Gasteiger partial charge on any atom is -0.341 e. The molecular formula is C12H18N4. The van der Waals surface area contributed by atoms with Gasteiger partial charge in [-0.2, -0.15) is 0 Å². The molecule has 2 rings (SSSR count). The topological polar surface area (TPSA) is 67.6 Å². The van der Waals surface area contributed by atoms with Gasteiger partial charge in [0.15, 0.2) is 5.65 Å². The predicted molar refractivity (Wildman–Crippen MR) is 65.2 cm³/mol. The molecule has 3 N–H and O–H groups in total. The summed E-state index contributed by atoms with van der Waals surface area (Å²) in [6, 6.07) is 2.25. The highest BCUT2D eigenvalue weighted by atomic mass is 15.0. The zero-order chi connectivity index (χ0) is 11.5. The molecule has 0 fully saturated rings. The lowest BCUT2D eigenvalue weighted by atomic mass is 10.1. The van der Waals surface area contributed by atoms with Gasteiger partial charge in [-0.3, -0.25) is 0 Å². The van der Waals surface area contributed by atoms with Gasteiger partial charge in [-0.1, -0.05) is 13.3 Å². The fraction of sp³-hybridized carbons (Fsp3) is 0.500. The van der Waals surface area contributed by atoms with Gasteiger partial charge in [-0.15, -0.1) is 0 Å². The van der Waals surface area contributed by atoms with Crippen LogP contribution in [0.3, 0.4) is 0 Å². The summed E-state index contributed by atoms with van der Waals surface area (Å²) >= 11 is 0. The minimum atomic E-state index is 0.187. The van der Waals surface area contributed by atoms with Crippen LogP contribution in [0.1, 0.15) is 31.2 Å². The number of rotatable bonds is 4. The quantitative estimate of drug-likeness (QED) is 0.824. The number of nitrogens with zero attached hydrogens (tertiary/aromatic N) is 2. The first-order valence-electron chi connectivity index (χ1n) is 5.76. The molecule has 0 aliphatic rings. The van der Waals surface area contributed by atoms with E-state index < -0.39 is 0 Å². The molecule has 1 unspecified atom stereocenters. The Kier molecular flexibility index (Phi) is 3.19. The summed E-state index contributed by atoms with van der Waals surface area (Å²) in [6.45, 7) is 4.17. The average Bonchev–Trinajstić information content (AvgIpc) is 2.59. The van der Waals surface area contributed by atoms with E-state index >= 15 is 0 Å². The Morgan fingerprint density at radius 3 is 3.06 bits per heavy atom. The molecule has 0 spiro atoms. The molecule has 0 amide bonds. The number of pyridine rings is 1. The molecule has 4 heteroatoms. The number of nitrogens with two attached hydrogens (primary N) is 1. The number of aromatic nitrogens is 3. The van der Waals surface area contributed by atoms with E-state index in [0.717, 1.165) is 41.8 Å². The van der Waals surface area contributed by atoms with Crippen molar-refractivity contribution >= 4 is 11.2 Å². The molecule has 86 valence electrons. The lowest BCUT2D eigenvalue weighted by molar-refractivity contribution is 0.588. The van der Waals surface area contributed by atoms with Crippen LogP contribution >= 0.6 is 0 Å². The van der Waals surface area contributed by atoms with E-state index in [-0.39, 0.29) is 6.04 Å². The van der Waals surface area contributed by atoms with E-state index in [1.54, 1.807) is 0 Å². The minimum absolute atomic E-state index is 0.187. The molecule has 1 atom stereocenters. The van der Waals surface area contributed by atoms with Crippen LogP contribution in [0.4, 0.5) is 0 Å². The third-order valence-corrected chi connectivity index (χ3v) is 2.64. The molecule has 0 saturated heterocycles. The number of nitrogens with one attached hydrogen (secondary N) is 1. The highest BCUT2D eigenvalue weighted by molar-refractivity contribution is 5.70. The summed E-state index contributed by atoms with van der Waals surface area (Å²) in [7, 11) is 0. The average molecular weight is 218 g/mol. The summed E-state index contributed by atoms with van der Waals surface area (Å²) in [5.74, 6) is 0.939. The Labute approximate surface area is 95.3 Å². The standard InChI is InChI=1S/C12H18N4/c1-3-4-9(13)6-11-15-10-5-8(2)7-14-12(10)16-11/h5,7,9H,3-4,6,13H2,1-2H3,(H,14,15,16). The third-order valence-electron chi connectivity index (χ3n) is 2.64. The van der Waals surface area contributed by atoms with E-state index in [4.69, 9.17) is 5.73 Å². The molecule has 2 heterocycles. The molecular weight excluding hydrogens is 200 g/mol. The van der Waals surface area contributed by atoms with E-state index in [0.29, 0.717) is 0 Å². The molecule has 2 aromatic heterocycles. The van der Waals surface area contributed by atoms with Crippen LogP contribution in [0.2, 0.25) is 0 Å². The second-order valence-corrected chi connectivity index (χ2v) is 4.32. The van der Waals surface area contributed by atoms with E-state index in [1.807, 2.05) is 13.1 Å². The van der Waals surface area contributed by atoms with Gasteiger partial charge in [0.1, 0.15) is 5.82 Å². The van der Waals surface area contributed by atoms with Gasteiger partial charge in [0.2, 0.25) is 0 Å². The lowest BCUT2D eigenvalue weighted by Crippen LogP contribution is -2.22. The van der Waals surface area contributed by atoms with Crippen molar-refractivity contribution in [2.45, 2.75) is 39.2 Å². The number of fused-ring (bicyclic) bond motifs is 1. The van der Waals surface area contributed by atoms with E-state index in [2.05, 4.69) is 27.9 Å². The van der Waals surface area contributed by atoms with Crippen molar-refractivity contribution in [2.24, 2.45) is 5.73 Å². The second kappa shape index (κ2) is 4.61. The third kappa shape index (κ3) is 2.39. The van der Waals surface area contributed by atoms with Crippen LogP contribution in [0, 0.1) is 6.92 Å². The largest absolute Gasteiger partial charge is 0.341 e. The zero-order valence-electron chi connectivity index (χ0n) is 9.83. The van der Waals surface area contributed by atoms with Crippen LogP contribution in [-0.4, -0.2) is 21.0 Å². The molecule has 2 aromatic rings. The fourth-order valence-corrected chi connectivity index (χ4v) is 1.87. The summed E-state index contributed by atoms with van der Waals surface area (Å²) in [4.78, 5) is 12.0. The highest BCUT2D eigenvalue weighted by Crippen LogP contribution is 2.11. The van der Waals surface area contributed by atoms with Crippen molar-refractivity contribution in [3.63, 3.8) is 0 Å². The summed E-state index contributed by atoms with van der Waals surface area (Å²) < 4.78 is 0. The van der Waals surface area contributed by atoms with Gasteiger partial charge < -0.3 is 10.7 Å². The summed E-state index contributed by atoms with van der Waals surface area (Å²) in [5, 5.41) is 0. The fourth-order valence-electron chi connectivity index (χ4n) is 1.87. The number of aryl methyl sites for hydroxylation is 1.